The second-order valence-electron chi connectivity index (χ2n) is 12.2. The molecule has 0 unspecified atom stereocenters. The molecule has 0 atom stereocenters. The van der Waals surface area contributed by atoms with Gasteiger partial charge in [-0.25, -0.2) is 0 Å². The van der Waals surface area contributed by atoms with Gasteiger partial charge in [-0.2, -0.15) is 0 Å². The lowest BCUT2D eigenvalue weighted by atomic mass is 9.77. The van der Waals surface area contributed by atoms with Crippen LogP contribution in [0.5, 0.6) is 0 Å². The zero-order chi connectivity index (χ0) is 36.6. The Morgan fingerprint density at radius 1 is 0.512 bits per heavy atom. The number of benzene rings is 6. The number of hydrogen-bond donors (Lipinski definition) is 0. The van der Waals surface area contributed by atoms with Crippen LogP contribution in [0.25, 0.3) is 33.0 Å². The Bertz CT molecular complexity index is 2420. The second-order valence-corrected chi connectivity index (χ2v) is 12.2. The predicted octanol–water partition coefficient (Wildman–Crippen LogP) is 10.6. The van der Waals surface area contributed by atoms with Gasteiger partial charge in [0.25, 0.3) is 0 Å². The number of hydrogen-bond acceptors (Lipinski definition) is 0. The van der Waals surface area contributed by atoms with Crippen molar-refractivity contribution in [1.29, 1.82) is 0 Å². The molecule has 2 aliphatic carbocycles. The molecule has 0 N–H and O–H groups in total. The van der Waals surface area contributed by atoms with Crippen molar-refractivity contribution in [2.45, 2.75) is 44.4 Å². The highest BCUT2D eigenvalue weighted by Crippen LogP contribution is 2.58. The summed E-state index contributed by atoms with van der Waals surface area (Å²) in [4.78, 5) is 0. The van der Waals surface area contributed by atoms with Crippen molar-refractivity contribution in [3.8, 4) is 22.3 Å². The fourth-order valence-electron chi connectivity index (χ4n) is 7.31. The molecule has 0 heterocycles. The van der Waals surface area contributed by atoms with Gasteiger partial charge in [0.15, 0.2) is 0 Å². The Kier molecular flexibility index (Phi) is 3.36. The fourth-order valence-corrected chi connectivity index (χ4v) is 7.31. The molecule has 0 aromatic heterocycles. The molecule has 6 aromatic carbocycles. The maximum absolute atomic E-state index is 9.05. The van der Waals surface area contributed by atoms with Gasteiger partial charge < -0.3 is 0 Å². The van der Waals surface area contributed by atoms with Gasteiger partial charge in [-0.3, -0.25) is 0 Å². The number of rotatable bonds is 3. The van der Waals surface area contributed by atoms with Crippen LogP contribution in [0.3, 0.4) is 0 Å². The van der Waals surface area contributed by atoms with E-state index in [-0.39, 0.29) is 16.5 Å². The minimum absolute atomic E-state index is 0.143. The summed E-state index contributed by atoms with van der Waals surface area (Å²) in [6, 6.07) is 17.5. The molecular formula is C41H34. The summed E-state index contributed by atoms with van der Waals surface area (Å²) in [5.74, 6) is -1.29. The van der Waals surface area contributed by atoms with E-state index in [1.54, 1.807) is 0 Å². The van der Waals surface area contributed by atoms with E-state index >= 15 is 0 Å². The van der Waals surface area contributed by atoms with Gasteiger partial charge >= 0.3 is 0 Å². The normalized spacial score (nSPS) is 18.9. The fraction of sp³-hybridized carbons (Fsp3) is 0.171. The lowest BCUT2D eigenvalue weighted by molar-refractivity contribution is 0.651. The zero-order valence-corrected chi connectivity index (χ0v) is 23.4. The molecule has 0 saturated carbocycles. The minimum Gasteiger partial charge on any atom is -0.0622 e. The summed E-state index contributed by atoms with van der Waals surface area (Å²) in [6.07, 6.45) is 0. The van der Waals surface area contributed by atoms with Crippen molar-refractivity contribution in [2.75, 3.05) is 0 Å². The van der Waals surface area contributed by atoms with Crippen LogP contribution in [0, 0.1) is 0 Å². The van der Waals surface area contributed by atoms with Crippen molar-refractivity contribution in [3.05, 3.63) is 166 Å². The van der Waals surface area contributed by atoms with E-state index in [4.69, 9.17) is 13.7 Å². The molecule has 41 heavy (non-hydrogen) atoms. The van der Waals surface area contributed by atoms with Crippen molar-refractivity contribution in [1.82, 2.24) is 0 Å². The lowest BCUT2D eigenvalue weighted by Crippen LogP contribution is -2.17. The summed E-state index contributed by atoms with van der Waals surface area (Å²) in [5.41, 5.74) is 8.56. The third kappa shape index (κ3) is 3.34. The van der Waals surface area contributed by atoms with Gasteiger partial charge in [-0.1, -0.05) is 143 Å². The average molecular weight is 537 g/mol. The molecule has 0 aliphatic heterocycles. The van der Waals surface area contributed by atoms with Crippen molar-refractivity contribution < 1.29 is 13.7 Å². The molecule has 8 rings (SSSR count). The van der Waals surface area contributed by atoms with Crippen molar-refractivity contribution >= 4 is 10.8 Å². The van der Waals surface area contributed by atoms with Crippen LogP contribution in [-0.2, 0) is 10.8 Å². The summed E-state index contributed by atoms with van der Waals surface area (Å²) in [6.45, 7) is 8.80. The molecule has 198 valence electrons. The van der Waals surface area contributed by atoms with E-state index in [1.807, 2.05) is 30.3 Å². The Balaban J connectivity index is 1.51. The van der Waals surface area contributed by atoms with Gasteiger partial charge in [-0.05, 0) is 84.1 Å². The van der Waals surface area contributed by atoms with Gasteiger partial charge in [0.1, 0.15) is 0 Å². The van der Waals surface area contributed by atoms with E-state index in [1.165, 1.54) is 22.3 Å². The molecule has 0 spiro atoms. The first-order valence-corrected chi connectivity index (χ1v) is 14.0. The topological polar surface area (TPSA) is 0 Å². The maximum atomic E-state index is 9.05. The minimum atomic E-state index is -1.29. The first-order chi connectivity index (χ1) is 24.0. The van der Waals surface area contributed by atoms with Crippen LogP contribution in [0.4, 0.5) is 0 Å². The predicted molar refractivity (Wildman–Crippen MR) is 173 cm³/mol. The smallest absolute Gasteiger partial charge is 0.0622 e. The largest absolute Gasteiger partial charge is 0.0626 e. The first-order valence-electron chi connectivity index (χ1n) is 19.0. The third-order valence-electron chi connectivity index (χ3n) is 9.34. The van der Waals surface area contributed by atoms with E-state index in [0.29, 0.717) is 10.9 Å². The highest BCUT2D eigenvalue weighted by Gasteiger charge is 2.42. The van der Waals surface area contributed by atoms with Crippen LogP contribution in [0.2, 0.25) is 0 Å². The Hall–Kier alpha value is -4.42. The Labute approximate surface area is 257 Å². The quantitative estimate of drug-likeness (QED) is 0.197. The Morgan fingerprint density at radius 2 is 1.05 bits per heavy atom. The molecule has 0 nitrogen and oxygen atoms in total. The molecule has 0 heteroatoms. The van der Waals surface area contributed by atoms with Gasteiger partial charge in [-0.15, -0.1) is 0 Å². The van der Waals surface area contributed by atoms with Crippen LogP contribution >= 0.6 is 0 Å². The summed E-state index contributed by atoms with van der Waals surface area (Å²) in [5, 5.41) is 1.57. The number of fused-ring (bicyclic) bond motifs is 8. The van der Waals surface area contributed by atoms with Gasteiger partial charge in [0.2, 0.25) is 0 Å². The maximum Gasteiger partial charge on any atom is 0.0626 e. The van der Waals surface area contributed by atoms with Crippen LogP contribution < -0.4 is 0 Å². The van der Waals surface area contributed by atoms with Crippen LogP contribution in [-0.4, -0.2) is 0 Å². The van der Waals surface area contributed by atoms with E-state index in [9.17, 15) is 0 Å². The first kappa shape index (κ1) is 16.1. The molecule has 0 saturated heterocycles. The van der Waals surface area contributed by atoms with Gasteiger partial charge in [0.05, 0.1) is 13.7 Å². The third-order valence-corrected chi connectivity index (χ3v) is 9.34. The molecule has 0 fully saturated rings. The zero-order valence-electron chi connectivity index (χ0n) is 33.4. The van der Waals surface area contributed by atoms with Crippen LogP contribution in [0.15, 0.2) is 127 Å². The molecule has 6 aromatic rings. The second kappa shape index (κ2) is 8.54. The van der Waals surface area contributed by atoms with Crippen molar-refractivity contribution in [2.24, 2.45) is 0 Å². The summed E-state index contributed by atoms with van der Waals surface area (Å²) in [7, 11) is 0. The monoisotopic (exact) mass is 536 g/mol. The highest BCUT2D eigenvalue weighted by atomic mass is 14.5. The highest BCUT2D eigenvalue weighted by molar-refractivity contribution is 6.05. The average Bonchev–Trinajstić information content (AvgIpc) is 3.48. The SMILES string of the molecule is [2H]c1c([2H])c([2H])c(C(c2c([2H])c([2H])c([2H])c([2H])c2[2H])c2cc3c(c4ccccc24)-c2cc4c(cc2C3(C)C)-c2ccccc2C4(C)C)c([2H])c1[2H]. The van der Waals surface area contributed by atoms with E-state index in [2.05, 4.69) is 64.1 Å². The molecule has 2 aliphatic rings. The standard InChI is InChI=1S/C41H34/c1-40(2)34-22-14-13-20-29(34)31-23-36-33(25-35(31)40)39-30-21-12-11-19-28(30)32(24-37(39)41(36,3)4)38(26-15-7-5-8-16-26)27-17-9-6-10-18-27/h5-25,38H,1-4H3/i5D,6D,7D,8D,9D,10D,15D,16D,17D,18D. The van der Waals surface area contributed by atoms with E-state index < -0.39 is 71.8 Å². The molecule has 0 bridgehead atoms. The summed E-state index contributed by atoms with van der Waals surface area (Å²) >= 11 is 0. The molecule has 0 radical (unpaired) electrons. The van der Waals surface area contributed by atoms with Gasteiger partial charge in [0, 0.05) is 16.7 Å². The molecular weight excluding hydrogens is 492 g/mol. The summed E-state index contributed by atoms with van der Waals surface area (Å²) < 4.78 is 87.0. The Morgan fingerprint density at radius 3 is 1.73 bits per heavy atom. The van der Waals surface area contributed by atoms with Crippen molar-refractivity contribution in [3.63, 3.8) is 0 Å². The molecule has 0 amide bonds. The lowest BCUT2D eigenvalue weighted by Gasteiger charge is -2.26. The van der Waals surface area contributed by atoms with E-state index in [0.717, 1.165) is 27.6 Å². The van der Waals surface area contributed by atoms with Crippen LogP contribution in [0.1, 0.15) is 86.3 Å².